The average molecular weight is 327 g/mol. The lowest BCUT2D eigenvalue weighted by molar-refractivity contribution is -0.0438. The third-order valence-corrected chi connectivity index (χ3v) is 4.04. The Bertz CT molecular complexity index is 473. The van der Waals surface area contributed by atoms with Crippen LogP contribution < -0.4 is 10.6 Å². The summed E-state index contributed by atoms with van der Waals surface area (Å²) in [6.07, 6.45) is 0.526. The molecule has 6 nitrogen and oxygen atoms in total. The Hall–Kier alpha value is -1.18. The number of ether oxygens (including phenoxy) is 2. The van der Waals surface area contributed by atoms with Gasteiger partial charge in [0.2, 0.25) is 0 Å². The van der Waals surface area contributed by atoms with Crippen LogP contribution in [-0.4, -0.2) is 41.5 Å². The third-order valence-electron chi connectivity index (χ3n) is 3.41. The molecule has 0 spiro atoms. The van der Waals surface area contributed by atoms with Gasteiger partial charge in [-0.3, -0.25) is 0 Å². The number of aromatic nitrogens is 1. The van der Waals surface area contributed by atoms with E-state index in [-0.39, 0.29) is 24.3 Å². The molecule has 22 heavy (non-hydrogen) atoms. The van der Waals surface area contributed by atoms with Crippen molar-refractivity contribution in [2.45, 2.75) is 64.4 Å². The molecule has 1 saturated carbocycles. The van der Waals surface area contributed by atoms with E-state index >= 15 is 0 Å². The van der Waals surface area contributed by atoms with E-state index in [1.165, 1.54) is 0 Å². The minimum absolute atomic E-state index is 0.0186. The second kappa shape index (κ2) is 7.39. The van der Waals surface area contributed by atoms with Crippen molar-refractivity contribution in [1.29, 1.82) is 0 Å². The first-order chi connectivity index (χ1) is 10.4. The maximum absolute atomic E-state index is 11.9. The van der Waals surface area contributed by atoms with Crippen molar-refractivity contribution in [1.82, 2.24) is 15.6 Å². The second-order valence-electron chi connectivity index (χ2n) is 6.37. The number of carbonyl (C=O) groups excluding carboxylic acids is 1. The average Bonchev–Trinajstić information content (AvgIpc) is 2.88. The van der Waals surface area contributed by atoms with Gasteiger partial charge in [-0.05, 0) is 34.1 Å². The molecule has 1 aromatic rings. The smallest absolute Gasteiger partial charge is 0.407 e. The van der Waals surface area contributed by atoms with Gasteiger partial charge in [-0.2, -0.15) is 0 Å². The molecule has 0 saturated heterocycles. The van der Waals surface area contributed by atoms with Gasteiger partial charge in [-0.25, -0.2) is 9.78 Å². The molecule has 2 N–H and O–H groups in total. The highest BCUT2D eigenvalue weighted by atomic mass is 32.1. The van der Waals surface area contributed by atoms with Crippen LogP contribution in [0.5, 0.6) is 0 Å². The van der Waals surface area contributed by atoms with Gasteiger partial charge >= 0.3 is 6.09 Å². The number of hydrogen-bond acceptors (Lipinski definition) is 6. The Morgan fingerprint density at radius 3 is 2.86 bits per heavy atom. The van der Waals surface area contributed by atoms with Crippen LogP contribution in [0.4, 0.5) is 4.79 Å². The van der Waals surface area contributed by atoms with Crippen LogP contribution in [-0.2, 0) is 16.0 Å². The molecule has 3 atom stereocenters. The minimum atomic E-state index is -0.489. The zero-order valence-corrected chi connectivity index (χ0v) is 14.4. The molecule has 0 bridgehead atoms. The Morgan fingerprint density at radius 2 is 2.27 bits per heavy atom. The van der Waals surface area contributed by atoms with Crippen LogP contribution in [0.3, 0.4) is 0 Å². The number of nitrogens with one attached hydrogen (secondary N) is 2. The monoisotopic (exact) mass is 327 g/mol. The number of nitrogens with zero attached hydrogens (tertiary/aromatic N) is 1. The molecule has 1 amide bonds. The summed E-state index contributed by atoms with van der Waals surface area (Å²) >= 11 is 1.57. The molecular weight excluding hydrogens is 302 g/mol. The molecule has 1 aliphatic rings. The van der Waals surface area contributed by atoms with Crippen LogP contribution in [0.1, 0.15) is 39.8 Å². The first kappa shape index (κ1) is 17.2. The van der Waals surface area contributed by atoms with E-state index < -0.39 is 5.60 Å². The lowest BCUT2D eigenvalue weighted by Crippen LogP contribution is -2.66. The number of rotatable bonds is 6. The second-order valence-corrected chi connectivity index (χ2v) is 7.09. The van der Waals surface area contributed by atoms with E-state index in [9.17, 15) is 4.79 Å². The molecule has 1 aliphatic carbocycles. The molecule has 2 rings (SSSR count). The molecule has 0 aliphatic heterocycles. The molecule has 1 heterocycles. The van der Waals surface area contributed by atoms with E-state index in [2.05, 4.69) is 15.6 Å². The SMILES string of the molecule is CCOC1CC(NC(=O)OC(C)(C)C)C1NCc1cscn1. The number of alkyl carbamates (subject to hydrolysis) is 1. The fourth-order valence-electron chi connectivity index (χ4n) is 2.42. The standard InChI is InChI=1S/C15H25N3O3S/c1-5-20-12-6-11(18-14(19)21-15(2,3)4)13(12)16-7-10-8-22-9-17-10/h8-9,11-13,16H,5-7H2,1-4H3,(H,18,19). The minimum Gasteiger partial charge on any atom is -0.444 e. The van der Waals surface area contributed by atoms with Crippen molar-refractivity contribution in [3.63, 3.8) is 0 Å². The fraction of sp³-hybridized carbons (Fsp3) is 0.733. The van der Waals surface area contributed by atoms with Crippen molar-refractivity contribution in [3.05, 3.63) is 16.6 Å². The zero-order valence-electron chi connectivity index (χ0n) is 13.6. The van der Waals surface area contributed by atoms with Crippen molar-refractivity contribution in [3.8, 4) is 0 Å². The molecule has 1 fully saturated rings. The number of hydrogen-bond donors (Lipinski definition) is 2. The van der Waals surface area contributed by atoms with Gasteiger partial charge in [0.15, 0.2) is 0 Å². The maximum Gasteiger partial charge on any atom is 0.407 e. The number of thiazole rings is 1. The van der Waals surface area contributed by atoms with Crippen molar-refractivity contribution < 1.29 is 14.3 Å². The van der Waals surface area contributed by atoms with E-state index in [0.717, 1.165) is 12.1 Å². The molecule has 124 valence electrons. The number of carbonyl (C=O) groups is 1. The molecule has 0 radical (unpaired) electrons. The molecule has 1 aromatic heterocycles. The van der Waals surface area contributed by atoms with Crippen molar-refractivity contribution in [2.24, 2.45) is 0 Å². The summed E-state index contributed by atoms with van der Waals surface area (Å²) in [5.74, 6) is 0. The highest BCUT2D eigenvalue weighted by Gasteiger charge is 2.42. The topological polar surface area (TPSA) is 72.5 Å². The Morgan fingerprint density at radius 1 is 1.50 bits per heavy atom. The van der Waals surface area contributed by atoms with E-state index in [1.807, 2.05) is 38.6 Å². The summed E-state index contributed by atoms with van der Waals surface area (Å²) in [4.78, 5) is 16.1. The lowest BCUT2D eigenvalue weighted by atomic mass is 9.82. The molecule has 7 heteroatoms. The molecule has 3 unspecified atom stereocenters. The predicted molar refractivity (Wildman–Crippen MR) is 85.9 cm³/mol. The normalized spacial score (nSPS) is 24.6. The van der Waals surface area contributed by atoms with Crippen LogP contribution in [0.25, 0.3) is 0 Å². The van der Waals surface area contributed by atoms with Gasteiger partial charge in [0, 0.05) is 18.5 Å². The lowest BCUT2D eigenvalue weighted by Gasteiger charge is -2.44. The summed E-state index contributed by atoms with van der Waals surface area (Å²) < 4.78 is 11.0. The third kappa shape index (κ3) is 4.93. The summed E-state index contributed by atoms with van der Waals surface area (Å²) in [6.45, 7) is 8.88. The number of amides is 1. The Kier molecular flexibility index (Phi) is 5.77. The highest BCUT2D eigenvalue weighted by Crippen LogP contribution is 2.25. The van der Waals surface area contributed by atoms with Gasteiger partial charge in [0.25, 0.3) is 0 Å². The van der Waals surface area contributed by atoms with Crippen LogP contribution in [0, 0.1) is 0 Å². The Balaban J connectivity index is 1.85. The Labute approximate surface area is 135 Å². The van der Waals surface area contributed by atoms with Gasteiger partial charge in [-0.15, -0.1) is 11.3 Å². The highest BCUT2D eigenvalue weighted by molar-refractivity contribution is 7.07. The van der Waals surface area contributed by atoms with Gasteiger partial charge in [-0.1, -0.05) is 0 Å². The van der Waals surface area contributed by atoms with Crippen molar-refractivity contribution in [2.75, 3.05) is 6.61 Å². The van der Waals surface area contributed by atoms with Gasteiger partial charge in [0.05, 0.1) is 29.4 Å². The summed E-state index contributed by atoms with van der Waals surface area (Å²) in [6, 6.07) is 0.0965. The van der Waals surface area contributed by atoms with Crippen LogP contribution >= 0.6 is 11.3 Å². The van der Waals surface area contributed by atoms with Crippen molar-refractivity contribution >= 4 is 17.4 Å². The first-order valence-corrected chi connectivity index (χ1v) is 8.55. The predicted octanol–water partition coefficient (Wildman–Crippen LogP) is 2.30. The summed E-state index contributed by atoms with van der Waals surface area (Å²) in [5, 5.41) is 8.36. The van der Waals surface area contributed by atoms with Gasteiger partial charge in [0.1, 0.15) is 5.60 Å². The van der Waals surface area contributed by atoms with Gasteiger partial charge < -0.3 is 20.1 Å². The fourth-order valence-corrected chi connectivity index (χ4v) is 2.98. The zero-order chi connectivity index (χ0) is 16.2. The first-order valence-electron chi connectivity index (χ1n) is 7.60. The summed E-state index contributed by atoms with van der Waals surface area (Å²) in [5.41, 5.74) is 2.33. The van der Waals surface area contributed by atoms with Crippen LogP contribution in [0.15, 0.2) is 10.9 Å². The molecule has 0 aromatic carbocycles. The van der Waals surface area contributed by atoms with E-state index in [4.69, 9.17) is 9.47 Å². The summed E-state index contributed by atoms with van der Waals surface area (Å²) in [7, 11) is 0. The van der Waals surface area contributed by atoms with E-state index in [1.54, 1.807) is 11.3 Å². The van der Waals surface area contributed by atoms with E-state index in [0.29, 0.717) is 13.2 Å². The quantitative estimate of drug-likeness (QED) is 0.839. The van der Waals surface area contributed by atoms with Crippen LogP contribution in [0.2, 0.25) is 0 Å². The largest absolute Gasteiger partial charge is 0.444 e. The maximum atomic E-state index is 11.9. The molecular formula is C15H25N3O3S.